The van der Waals surface area contributed by atoms with Crippen LogP contribution in [0, 0.1) is 13.8 Å². The van der Waals surface area contributed by atoms with Gasteiger partial charge in [-0.3, -0.25) is 9.69 Å². The van der Waals surface area contributed by atoms with Crippen LogP contribution in [0.5, 0.6) is 0 Å². The summed E-state index contributed by atoms with van der Waals surface area (Å²) in [5, 5.41) is 3.02. The SMILES string of the molecule is CCCCCN(C)CC(=O)Nc1c(C)cccc1C. The topological polar surface area (TPSA) is 32.3 Å². The highest BCUT2D eigenvalue weighted by Gasteiger charge is 2.09. The Labute approximate surface area is 117 Å². The first-order chi connectivity index (χ1) is 9.04. The molecule has 0 spiro atoms. The van der Waals surface area contributed by atoms with Gasteiger partial charge in [0.25, 0.3) is 0 Å². The van der Waals surface area contributed by atoms with Crippen LogP contribution in [-0.2, 0) is 4.79 Å². The number of carbonyl (C=O) groups is 1. The molecule has 0 unspecified atom stereocenters. The molecule has 0 aliphatic rings. The third-order valence-electron chi connectivity index (χ3n) is 3.30. The number of nitrogens with one attached hydrogen (secondary N) is 1. The Balaban J connectivity index is 2.47. The number of unbranched alkanes of at least 4 members (excludes halogenated alkanes) is 2. The normalized spacial score (nSPS) is 10.8. The van der Waals surface area contributed by atoms with Crippen LogP contribution in [0.4, 0.5) is 5.69 Å². The summed E-state index contributed by atoms with van der Waals surface area (Å²) in [5.41, 5.74) is 3.18. The lowest BCUT2D eigenvalue weighted by Crippen LogP contribution is -2.31. The molecule has 0 bridgehead atoms. The highest BCUT2D eigenvalue weighted by molar-refractivity contribution is 5.93. The van der Waals surface area contributed by atoms with Crippen LogP contribution in [0.1, 0.15) is 37.3 Å². The van der Waals surface area contributed by atoms with Crippen LogP contribution in [0.3, 0.4) is 0 Å². The summed E-state index contributed by atoms with van der Waals surface area (Å²) in [6.07, 6.45) is 3.59. The number of amides is 1. The molecule has 1 amide bonds. The standard InChI is InChI=1S/C16H26N2O/c1-5-6-7-11-18(4)12-15(19)17-16-13(2)9-8-10-14(16)3/h8-10H,5-7,11-12H2,1-4H3,(H,17,19). The van der Waals surface area contributed by atoms with Gasteiger partial charge in [-0.2, -0.15) is 0 Å². The van der Waals surface area contributed by atoms with Gasteiger partial charge < -0.3 is 5.32 Å². The zero-order valence-corrected chi connectivity index (χ0v) is 12.6. The Bertz CT molecular complexity index is 395. The van der Waals surface area contributed by atoms with E-state index < -0.39 is 0 Å². The summed E-state index contributed by atoms with van der Waals surface area (Å²) >= 11 is 0. The molecule has 0 aliphatic carbocycles. The second-order valence-corrected chi connectivity index (χ2v) is 5.26. The van der Waals surface area contributed by atoms with Gasteiger partial charge in [-0.25, -0.2) is 0 Å². The number of para-hydroxylation sites is 1. The van der Waals surface area contributed by atoms with Gasteiger partial charge in [-0.15, -0.1) is 0 Å². The number of hydrogen-bond acceptors (Lipinski definition) is 2. The highest BCUT2D eigenvalue weighted by atomic mass is 16.2. The maximum absolute atomic E-state index is 12.0. The molecular weight excluding hydrogens is 236 g/mol. The molecule has 3 nitrogen and oxygen atoms in total. The van der Waals surface area contributed by atoms with Crippen molar-refractivity contribution in [1.82, 2.24) is 4.90 Å². The van der Waals surface area contributed by atoms with E-state index in [1.165, 1.54) is 12.8 Å². The molecule has 106 valence electrons. The van der Waals surface area contributed by atoms with Gasteiger partial charge in [0.05, 0.1) is 6.54 Å². The first-order valence-corrected chi connectivity index (χ1v) is 7.09. The lowest BCUT2D eigenvalue weighted by Gasteiger charge is -2.17. The molecule has 0 saturated carbocycles. The number of hydrogen-bond donors (Lipinski definition) is 1. The number of carbonyl (C=O) groups excluding carboxylic acids is 1. The maximum atomic E-state index is 12.0. The van der Waals surface area contributed by atoms with E-state index in [9.17, 15) is 4.79 Å². The third-order valence-corrected chi connectivity index (χ3v) is 3.30. The smallest absolute Gasteiger partial charge is 0.238 e. The Hall–Kier alpha value is -1.35. The number of benzene rings is 1. The molecule has 1 aromatic rings. The molecule has 0 aliphatic heterocycles. The summed E-state index contributed by atoms with van der Waals surface area (Å²) < 4.78 is 0. The van der Waals surface area contributed by atoms with Crippen molar-refractivity contribution in [2.75, 3.05) is 25.5 Å². The number of nitrogens with zero attached hydrogens (tertiary/aromatic N) is 1. The molecular formula is C16H26N2O. The molecule has 0 atom stereocenters. The minimum Gasteiger partial charge on any atom is -0.324 e. The Morgan fingerprint density at radius 3 is 2.42 bits per heavy atom. The Morgan fingerprint density at radius 2 is 1.84 bits per heavy atom. The summed E-state index contributed by atoms with van der Waals surface area (Å²) in [6.45, 7) is 7.67. The quantitative estimate of drug-likeness (QED) is 0.764. The van der Waals surface area contributed by atoms with Gasteiger partial charge in [0, 0.05) is 5.69 Å². The Morgan fingerprint density at radius 1 is 1.21 bits per heavy atom. The molecule has 0 radical (unpaired) electrons. The highest BCUT2D eigenvalue weighted by Crippen LogP contribution is 2.19. The monoisotopic (exact) mass is 262 g/mol. The molecule has 0 fully saturated rings. The van der Waals surface area contributed by atoms with Gasteiger partial charge in [0.1, 0.15) is 0 Å². The number of aryl methyl sites for hydroxylation is 2. The molecule has 3 heteroatoms. The summed E-state index contributed by atoms with van der Waals surface area (Å²) in [6, 6.07) is 6.05. The zero-order chi connectivity index (χ0) is 14.3. The van der Waals surface area contributed by atoms with E-state index in [1.54, 1.807) is 0 Å². The van der Waals surface area contributed by atoms with Crippen LogP contribution in [0.25, 0.3) is 0 Å². The van der Waals surface area contributed by atoms with Crippen molar-refractivity contribution in [3.8, 4) is 0 Å². The maximum Gasteiger partial charge on any atom is 0.238 e. The zero-order valence-electron chi connectivity index (χ0n) is 12.6. The predicted molar refractivity (Wildman–Crippen MR) is 81.6 cm³/mol. The molecule has 0 heterocycles. The van der Waals surface area contributed by atoms with Crippen LogP contribution >= 0.6 is 0 Å². The van der Waals surface area contributed by atoms with E-state index in [0.717, 1.165) is 29.8 Å². The second kappa shape index (κ2) is 7.95. The molecule has 19 heavy (non-hydrogen) atoms. The first-order valence-electron chi connectivity index (χ1n) is 7.09. The van der Waals surface area contributed by atoms with Gasteiger partial charge in [0.15, 0.2) is 0 Å². The van der Waals surface area contributed by atoms with E-state index in [1.807, 2.05) is 39.1 Å². The average molecular weight is 262 g/mol. The largest absolute Gasteiger partial charge is 0.324 e. The van der Waals surface area contributed by atoms with Gasteiger partial charge in [-0.05, 0) is 45.0 Å². The lowest BCUT2D eigenvalue weighted by molar-refractivity contribution is -0.117. The van der Waals surface area contributed by atoms with E-state index in [2.05, 4.69) is 17.1 Å². The molecule has 0 aromatic heterocycles. The Kier molecular flexibility index (Phi) is 6.57. The van der Waals surface area contributed by atoms with Crippen LogP contribution in [-0.4, -0.2) is 30.9 Å². The van der Waals surface area contributed by atoms with Crippen molar-refractivity contribution in [2.45, 2.75) is 40.0 Å². The molecule has 0 saturated heterocycles. The number of likely N-dealkylation sites (N-methyl/N-ethyl adjacent to an activating group) is 1. The van der Waals surface area contributed by atoms with Crippen LogP contribution in [0.15, 0.2) is 18.2 Å². The van der Waals surface area contributed by atoms with Crippen molar-refractivity contribution in [2.24, 2.45) is 0 Å². The minimum absolute atomic E-state index is 0.0661. The van der Waals surface area contributed by atoms with Crippen molar-refractivity contribution < 1.29 is 4.79 Å². The van der Waals surface area contributed by atoms with E-state index in [0.29, 0.717) is 6.54 Å². The van der Waals surface area contributed by atoms with Crippen LogP contribution < -0.4 is 5.32 Å². The van der Waals surface area contributed by atoms with Crippen molar-refractivity contribution in [3.05, 3.63) is 29.3 Å². The van der Waals surface area contributed by atoms with E-state index in [-0.39, 0.29) is 5.91 Å². The fourth-order valence-corrected chi connectivity index (χ4v) is 2.15. The molecule has 1 N–H and O–H groups in total. The number of anilines is 1. The lowest BCUT2D eigenvalue weighted by atomic mass is 10.1. The van der Waals surface area contributed by atoms with Gasteiger partial charge in [0.2, 0.25) is 5.91 Å². The fourth-order valence-electron chi connectivity index (χ4n) is 2.15. The second-order valence-electron chi connectivity index (χ2n) is 5.26. The minimum atomic E-state index is 0.0661. The third kappa shape index (κ3) is 5.43. The average Bonchev–Trinajstić information content (AvgIpc) is 2.34. The van der Waals surface area contributed by atoms with Gasteiger partial charge >= 0.3 is 0 Å². The van der Waals surface area contributed by atoms with E-state index in [4.69, 9.17) is 0 Å². The number of rotatable bonds is 7. The van der Waals surface area contributed by atoms with Crippen molar-refractivity contribution in [3.63, 3.8) is 0 Å². The first kappa shape index (κ1) is 15.7. The van der Waals surface area contributed by atoms with Crippen molar-refractivity contribution in [1.29, 1.82) is 0 Å². The summed E-state index contributed by atoms with van der Waals surface area (Å²) in [4.78, 5) is 14.1. The fraction of sp³-hybridized carbons (Fsp3) is 0.562. The predicted octanol–water partition coefficient (Wildman–Crippen LogP) is 3.36. The van der Waals surface area contributed by atoms with E-state index >= 15 is 0 Å². The summed E-state index contributed by atoms with van der Waals surface area (Å²) in [7, 11) is 2.00. The summed E-state index contributed by atoms with van der Waals surface area (Å²) in [5.74, 6) is 0.0661. The molecule has 1 rings (SSSR count). The van der Waals surface area contributed by atoms with Crippen molar-refractivity contribution >= 4 is 11.6 Å². The molecule has 1 aromatic carbocycles. The van der Waals surface area contributed by atoms with Gasteiger partial charge in [-0.1, -0.05) is 38.0 Å². The van der Waals surface area contributed by atoms with Crippen LogP contribution in [0.2, 0.25) is 0 Å².